The van der Waals surface area contributed by atoms with Gasteiger partial charge >= 0.3 is 0 Å². The highest BCUT2D eigenvalue weighted by atomic mass is 16.5. The molecule has 1 saturated heterocycles. The summed E-state index contributed by atoms with van der Waals surface area (Å²) in [6, 6.07) is 23.1. The molecule has 0 spiro atoms. The van der Waals surface area contributed by atoms with Crippen LogP contribution in [0.5, 0.6) is 11.5 Å². The van der Waals surface area contributed by atoms with E-state index in [0.29, 0.717) is 43.9 Å². The summed E-state index contributed by atoms with van der Waals surface area (Å²) in [5.74, 6) is 1.05. The van der Waals surface area contributed by atoms with Gasteiger partial charge in [-0.05, 0) is 54.8 Å². The smallest absolute Gasteiger partial charge is 0.255 e. The minimum Gasteiger partial charge on any atom is -0.492 e. The number of fused-ring (bicyclic) bond motifs is 1. The van der Waals surface area contributed by atoms with Gasteiger partial charge in [0.15, 0.2) is 0 Å². The standard InChI is InChI=1S/C31H35N3O5/c1-2-33(17-18-38-24-7-4-3-5-8-24)19-22-11-13-23(14-12-22)21-39-28-10-6-9-25-26(28)20-34(31(25)37)27-15-16-29(35)32-30(27)36/h3-14,27,29,35H,2,15-21H2,1H3,(H,32,36). The summed E-state index contributed by atoms with van der Waals surface area (Å²) in [5, 5.41) is 12.2. The molecule has 0 bridgehead atoms. The molecular formula is C31H35N3O5. The van der Waals surface area contributed by atoms with Crippen molar-refractivity contribution >= 4 is 11.8 Å². The quantitative estimate of drug-likeness (QED) is 0.394. The molecule has 204 valence electrons. The average molecular weight is 530 g/mol. The van der Waals surface area contributed by atoms with Crippen molar-refractivity contribution < 1.29 is 24.2 Å². The highest BCUT2D eigenvalue weighted by Crippen LogP contribution is 2.34. The first-order chi connectivity index (χ1) is 19.0. The molecule has 3 aromatic rings. The number of nitrogens with one attached hydrogen (secondary N) is 1. The Balaban J connectivity index is 1.15. The normalized spacial score (nSPS) is 18.7. The van der Waals surface area contributed by atoms with E-state index in [1.165, 1.54) is 5.56 Å². The van der Waals surface area contributed by atoms with Crippen molar-refractivity contribution in [2.45, 2.75) is 51.7 Å². The summed E-state index contributed by atoms with van der Waals surface area (Å²) < 4.78 is 12.0. The van der Waals surface area contributed by atoms with E-state index < -0.39 is 12.3 Å². The minimum absolute atomic E-state index is 0.175. The van der Waals surface area contributed by atoms with Gasteiger partial charge in [-0.2, -0.15) is 0 Å². The number of aliphatic hydroxyl groups is 1. The molecule has 0 aromatic heterocycles. The zero-order chi connectivity index (χ0) is 27.2. The lowest BCUT2D eigenvalue weighted by Gasteiger charge is -2.32. The van der Waals surface area contributed by atoms with Crippen molar-refractivity contribution in [2.75, 3.05) is 19.7 Å². The Labute approximate surface area is 229 Å². The molecule has 2 aliphatic heterocycles. The van der Waals surface area contributed by atoms with Gasteiger partial charge in [0.05, 0.1) is 6.54 Å². The van der Waals surface area contributed by atoms with E-state index in [1.807, 2.05) is 42.5 Å². The molecule has 39 heavy (non-hydrogen) atoms. The Morgan fingerprint density at radius 3 is 2.46 bits per heavy atom. The fourth-order valence-corrected chi connectivity index (χ4v) is 5.11. The summed E-state index contributed by atoms with van der Waals surface area (Å²) >= 11 is 0. The molecular weight excluding hydrogens is 494 g/mol. The van der Waals surface area contributed by atoms with Gasteiger partial charge in [0, 0.05) is 24.2 Å². The van der Waals surface area contributed by atoms with Crippen molar-refractivity contribution in [1.29, 1.82) is 0 Å². The molecule has 0 radical (unpaired) electrons. The molecule has 2 atom stereocenters. The molecule has 2 aliphatic rings. The van der Waals surface area contributed by atoms with Gasteiger partial charge in [-0.25, -0.2) is 0 Å². The molecule has 1 fully saturated rings. The largest absolute Gasteiger partial charge is 0.492 e. The van der Waals surface area contributed by atoms with Gasteiger partial charge in [0.2, 0.25) is 5.91 Å². The molecule has 8 heteroatoms. The summed E-state index contributed by atoms with van der Waals surface area (Å²) in [5.41, 5.74) is 3.62. The van der Waals surface area contributed by atoms with Crippen LogP contribution in [0.25, 0.3) is 0 Å². The summed E-state index contributed by atoms with van der Waals surface area (Å²) in [4.78, 5) is 29.4. The first kappa shape index (κ1) is 26.7. The van der Waals surface area contributed by atoms with Gasteiger partial charge in [-0.1, -0.05) is 55.5 Å². The van der Waals surface area contributed by atoms with Crippen molar-refractivity contribution in [1.82, 2.24) is 15.1 Å². The van der Waals surface area contributed by atoms with Gasteiger partial charge in [0.25, 0.3) is 5.91 Å². The number of nitrogens with zero attached hydrogens (tertiary/aromatic N) is 2. The highest BCUT2D eigenvalue weighted by molar-refractivity contribution is 6.01. The lowest BCUT2D eigenvalue weighted by molar-refractivity contribution is -0.132. The van der Waals surface area contributed by atoms with Gasteiger partial charge in [-0.15, -0.1) is 0 Å². The van der Waals surface area contributed by atoms with E-state index >= 15 is 0 Å². The van der Waals surface area contributed by atoms with E-state index in [-0.39, 0.29) is 11.8 Å². The molecule has 3 aromatic carbocycles. The second-order valence-corrected chi connectivity index (χ2v) is 9.97. The monoisotopic (exact) mass is 529 g/mol. The number of para-hydroxylation sites is 1. The number of amides is 2. The first-order valence-corrected chi connectivity index (χ1v) is 13.5. The lowest BCUT2D eigenvalue weighted by Crippen LogP contribution is -2.54. The van der Waals surface area contributed by atoms with Crippen LogP contribution in [0.15, 0.2) is 72.8 Å². The molecule has 8 nitrogen and oxygen atoms in total. The maximum Gasteiger partial charge on any atom is 0.255 e. The molecule has 0 aliphatic carbocycles. The number of aliphatic hydroxyl groups excluding tert-OH is 1. The third-order valence-electron chi connectivity index (χ3n) is 7.34. The minimum atomic E-state index is -0.849. The molecule has 5 rings (SSSR count). The van der Waals surface area contributed by atoms with Crippen LogP contribution in [0.1, 0.15) is 46.8 Å². The summed E-state index contributed by atoms with van der Waals surface area (Å²) in [6.07, 6.45) is 0.0100. The van der Waals surface area contributed by atoms with Crippen LogP contribution in [0.4, 0.5) is 0 Å². The van der Waals surface area contributed by atoms with Crippen LogP contribution in [0, 0.1) is 0 Å². The van der Waals surface area contributed by atoms with Gasteiger partial charge in [0.1, 0.15) is 37.0 Å². The number of ether oxygens (including phenoxy) is 2. The van der Waals surface area contributed by atoms with Crippen LogP contribution in [0.2, 0.25) is 0 Å². The number of carbonyl (C=O) groups excluding carboxylic acids is 2. The average Bonchev–Trinajstić information content (AvgIpc) is 3.29. The van der Waals surface area contributed by atoms with Crippen LogP contribution < -0.4 is 14.8 Å². The SMILES string of the molecule is CCN(CCOc1ccccc1)Cc1ccc(COc2cccc3c2CN(C2CCC(O)NC2=O)C3=O)cc1. The lowest BCUT2D eigenvalue weighted by atomic mass is 10.0. The van der Waals surface area contributed by atoms with Gasteiger partial charge in [-0.3, -0.25) is 14.5 Å². The van der Waals surface area contributed by atoms with Crippen LogP contribution in [-0.2, 0) is 24.5 Å². The van der Waals surface area contributed by atoms with Crippen molar-refractivity contribution in [2.24, 2.45) is 0 Å². The summed E-state index contributed by atoms with van der Waals surface area (Å²) in [6.45, 7) is 6.10. The van der Waals surface area contributed by atoms with Crippen molar-refractivity contribution in [3.63, 3.8) is 0 Å². The fourth-order valence-electron chi connectivity index (χ4n) is 5.11. The third kappa shape index (κ3) is 6.41. The molecule has 2 N–H and O–H groups in total. The van der Waals surface area contributed by atoms with E-state index in [0.717, 1.165) is 36.5 Å². The number of piperidine rings is 1. The highest BCUT2D eigenvalue weighted by Gasteiger charge is 2.40. The zero-order valence-electron chi connectivity index (χ0n) is 22.2. The molecule has 2 heterocycles. The maximum absolute atomic E-state index is 13.1. The van der Waals surface area contributed by atoms with Crippen LogP contribution in [-0.4, -0.2) is 58.7 Å². The van der Waals surface area contributed by atoms with Crippen LogP contribution in [0.3, 0.4) is 0 Å². The number of hydrogen-bond donors (Lipinski definition) is 2. The number of carbonyl (C=O) groups is 2. The van der Waals surface area contributed by atoms with Gasteiger partial charge < -0.3 is 24.8 Å². The second kappa shape index (κ2) is 12.3. The molecule has 2 amide bonds. The van der Waals surface area contributed by atoms with Crippen LogP contribution >= 0.6 is 0 Å². The molecule has 2 unspecified atom stereocenters. The van der Waals surface area contributed by atoms with E-state index in [2.05, 4.69) is 41.4 Å². The number of rotatable bonds is 11. The Hall–Kier alpha value is -3.88. The first-order valence-electron chi connectivity index (χ1n) is 13.5. The Bertz CT molecular complexity index is 1280. The number of likely N-dealkylation sites (N-methyl/N-ethyl adjacent to an activating group) is 1. The summed E-state index contributed by atoms with van der Waals surface area (Å²) in [7, 11) is 0. The zero-order valence-corrected chi connectivity index (χ0v) is 22.2. The topological polar surface area (TPSA) is 91.3 Å². The number of hydrogen-bond acceptors (Lipinski definition) is 6. The van der Waals surface area contributed by atoms with Crippen molar-refractivity contribution in [3.8, 4) is 11.5 Å². The van der Waals surface area contributed by atoms with E-state index in [1.54, 1.807) is 11.0 Å². The Morgan fingerprint density at radius 1 is 0.949 bits per heavy atom. The fraction of sp³-hybridized carbons (Fsp3) is 0.355. The number of benzene rings is 3. The van der Waals surface area contributed by atoms with E-state index in [9.17, 15) is 14.7 Å². The second-order valence-electron chi connectivity index (χ2n) is 9.97. The Kier molecular flexibility index (Phi) is 8.44. The van der Waals surface area contributed by atoms with E-state index in [4.69, 9.17) is 9.47 Å². The third-order valence-corrected chi connectivity index (χ3v) is 7.34. The van der Waals surface area contributed by atoms with Crippen molar-refractivity contribution in [3.05, 3.63) is 95.1 Å². The predicted molar refractivity (Wildman–Crippen MR) is 147 cm³/mol. The Morgan fingerprint density at radius 2 is 1.72 bits per heavy atom. The molecule has 0 saturated carbocycles. The maximum atomic E-state index is 13.1. The predicted octanol–water partition coefficient (Wildman–Crippen LogP) is 3.72.